The molecular weight excluding hydrogens is 250 g/mol. The van der Waals surface area contributed by atoms with Gasteiger partial charge in [0.25, 0.3) is 0 Å². The van der Waals surface area contributed by atoms with Gasteiger partial charge in [-0.15, -0.1) is 0 Å². The van der Waals surface area contributed by atoms with Gasteiger partial charge in [0.05, 0.1) is 11.0 Å². The van der Waals surface area contributed by atoms with E-state index in [0.29, 0.717) is 30.5 Å². The second-order valence-electron chi connectivity index (χ2n) is 4.40. The number of aryl methyl sites for hydroxylation is 1. The Morgan fingerprint density at radius 1 is 1.53 bits per heavy atom. The highest BCUT2D eigenvalue weighted by molar-refractivity contribution is 5.63. The number of nitrogens with one attached hydrogen (secondary N) is 1. The average molecular weight is 267 g/mol. The first kappa shape index (κ1) is 13.5. The van der Waals surface area contributed by atoms with Crippen LogP contribution in [0, 0.1) is 17.0 Å². The summed E-state index contributed by atoms with van der Waals surface area (Å²) in [5, 5.41) is 14.0. The first-order valence-electron chi connectivity index (χ1n) is 6.05. The Kier molecular flexibility index (Phi) is 3.79. The van der Waals surface area contributed by atoms with Crippen molar-refractivity contribution in [2.45, 2.75) is 19.4 Å². The van der Waals surface area contributed by atoms with E-state index < -0.39 is 4.92 Å². The van der Waals surface area contributed by atoms with Crippen LogP contribution in [0.3, 0.4) is 0 Å². The maximum absolute atomic E-state index is 11.2. The van der Waals surface area contributed by atoms with Gasteiger partial charge in [0, 0.05) is 27.2 Å². The first-order chi connectivity index (χ1) is 9.06. The monoisotopic (exact) mass is 267 g/mol. The zero-order chi connectivity index (χ0) is 14.0. The summed E-state index contributed by atoms with van der Waals surface area (Å²) in [4.78, 5) is 20.9. The van der Waals surface area contributed by atoms with Crippen molar-refractivity contribution in [1.29, 1.82) is 0 Å². The number of nitrogens with zero attached hydrogens (tertiary/aromatic N) is 4. The minimum absolute atomic E-state index is 0.0317. The first-order valence-corrected chi connectivity index (χ1v) is 6.05. The van der Waals surface area contributed by atoms with Gasteiger partial charge < -0.3 is 15.0 Å². The average Bonchev–Trinajstić information content (AvgIpc) is 2.85. The number of ether oxygens (including phenoxy) is 1. The van der Waals surface area contributed by atoms with Gasteiger partial charge in [0.1, 0.15) is 5.69 Å². The normalized spacial score (nSPS) is 18.7. The largest absolute Gasteiger partial charge is 0.380 e. The molecule has 8 nitrogen and oxygen atoms in total. The van der Waals surface area contributed by atoms with Crippen LogP contribution in [0.4, 0.5) is 17.5 Å². The van der Waals surface area contributed by atoms with Gasteiger partial charge in [0.15, 0.2) is 0 Å². The van der Waals surface area contributed by atoms with Crippen molar-refractivity contribution >= 4 is 17.5 Å². The predicted molar refractivity (Wildman–Crippen MR) is 70.6 cm³/mol. The molecule has 0 aliphatic carbocycles. The molecule has 104 valence electrons. The highest BCUT2D eigenvalue weighted by Crippen LogP contribution is 2.32. The Balaban J connectivity index is 2.42. The van der Waals surface area contributed by atoms with Crippen molar-refractivity contribution in [3.63, 3.8) is 0 Å². The molecule has 0 bridgehead atoms. The molecule has 2 rings (SSSR count). The maximum Gasteiger partial charge on any atom is 0.332 e. The zero-order valence-electron chi connectivity index (χ0n) is 11.2. The van der Waals surface area contributed by atoms with Crippen LogP contribution < -0.4 is 10.2 Å². The van der Waals surface area contributed by atoms with Crippen LogP contribution in [0.25, 0.3) is 0 Å². The molecule has 1 aliphatic heterocycles. The summed E-state index contributed by atoms with van der Waals surface area (Å²) in [7, 11) is 3.33. The van der Waals surface area contributed by atoms with E-state index in [1.165, 1.54) is 0 Å². The standard InChI is InChI=1S/C11H17N5O3/c1-7-9(16(17)18)10(14-11(12-2)13-7)15-5-4-8(6-15)19-3/h8H,4-6H2,1-3H3,(H,12,13,14). The molecule has 1 N–H and O–H groups in total. The van der Waals surface area contributed by atoms with Crippen molar-refractivity contribution in [3.8, 4) is 0 Å². The Hall–Kier alpha value is -1.96. The van der Waals surface area contributed by atoms with Gasteiger partial charge in [-0.05, 0) is 13.3 Å². The summed E-state index contributed by atoms with van der Waals surface area (Å²) in [5.74, 6) is 0.750. The number of hydrogen-bond acceptors (Lipinski definition) is 7. The van der Waals surface area contributed by atoms with Crippen molar-refractivity contribution in [3.05, 3.63) is 15.8 Å². The van der Waals surface area contributed by atoms with Crippen molar-refractivity contribution < 1.29 is 9.66 Å². The van der Waals surface area contributed by atoms with E-state index in [0.717, 1.165) is 6.42 Å². The van der Waals surface area contributed by atoms with Crippen LogP contribution >= 0.6 is 0 Å². The van der Waals surface area contributed by atoms with Crippen molar-refractivity contribution in [1.82, 2.24) is 9.97 Å². The molecule has 1 aromatic rings. The Labute approximate surface area is 110 Å². The summed E-state index contributed by atoms with van der Waals surface area (Å²) >= 11 is 0. The molecular formula is C11H17N5O3. The van der Waals surface area contributed by atoms with Gasteiger partial charge in [-0.2, -0.15) is 4.98 Å². The predicted octanol–water partition coefficient (Wildman–Crippen LogP) is 0.960. The SMILES string of the molecule is CNc1nc(C)c([N+](=O)[O-])c(N2CCC(OC)C2)n1. The van der Waals surface area contributed by atoms with Crippen LogP contribution in [0.15, 0.2) is 0 Å². The number of anilines is 2. The van der Waals surface area contributed by atoms with Crippen LogP contribution in [0.1, 0.15) is 12.1 Å². The van der Waals surface area contributed by atoms with E-state index in [2.05, 4.69) is 15.3 Å². The number of aromatic nitrogens is 2. The number of hydrogen-bond donors (Lipinski definition) is 1. The second kappa shape index (κ2) is 5.35. The fourth-order valence-electron chi connectivity index (χ4n) is 2.21. The van der Waals surface area contributed by atoms with Crippen LogP contribution in [0.2, 0.25) is 0 Å². The lowest BCUT2D eigenvalue weighted by atomic mass is 10.3. The van der Waals surface area contributed by atoms with E-state index >= 15 is 0 Å². The van der Waals surface area contributed by atoms with Crippen molar-refractivity contribution in [2.24, 2.45) is 0 Å². The second-order valence-corrected chi connectivity index (χ2v) is 4.40. The molecule has 1 fully saturated rings. The Morgan fingerprint density at radius 2 is 2.26 bits per heavy atom. The maximum atomic E-state index is 11.2. The molecule has 0 aromatic carbocycles. The van der Waals surface area contributed by atoms with E-state index in [4.69, 9.17) is 4.74 Å². The van der Waals surface area contributed by atoms with Crippen molar-refractivity contribution in [2.75, 3.05) is 37.5 Å². The third-order valence-corrected chi connectivity index (χ3v) is 3.22. The molecule has 1 atom stereocenters. The molecule has 19 heavy (non-hydrogen) atoms. The smallest absolute Gasteiger partial charge is 0.332 e. The van der Waals surface area contributed by atoms with Gasteiger partial charge in [-0.3, -0.25) is 10.1 Å². The van der Waals surface area contributed by atoms with Crippen LogP contribution in [0.5, 0.6) is 0 Å². The van der Waals surface area contributed by atoms with E-state index in [1.807, 2.05) is 4.90 Å². The summed E-state index contributed by atoms with van der Waals surface area (Å²) in [6.45, 7) is 2.92. The molecule has 0 amide bonds. The third-order valence-electron chi connectivity index (χ3n) is 3.22. The molecule has 1 aromatic heterocycles. The minimum atomic E-state index is -0.426. The molecule has 8 heteroatoms. The summed E-state index contributed by atoms with van der Waals surface area (Å²) in [6, 6.07) is 0. The molecule has 1 aliphatic rings. The highest BCUT2D eigenvalue weighted by atomic mass is 16.6. The molecule has 0 spiro atoms. The minimum Gasteiger partial charge on any atom is -0.380 e. The lowest BCUT2D eigenvalue weighted by Crippen LogP contribution is -2.25. The van der Waals surface area contributed by atoms with Crippen LogP contribution in [-0.2, 0) is 4.74 Å². The third kappa shape index (κ3) is 2.58. The Bertz CT molecular complexity index is 493. The lowest BCUT2D eigenvalue weighted by Gasteiger charge is -2.18. The quantitative estimate of drug-likeness (QED) is 0.641. The summed E-state index contributed by atoms with van der Waals surface area (Å²) in [5.41, 5.74) is 0.330. The van der Waals surface area contributed by atoms with Gasteiger partial charge in [0.2, 0.25) is 11.8 Å². The zero-order valence-corrected chi connectivity index (χ0v) is 11.2. The lowest BCUT2D eigenvalue weighted by molar-refractivity contribution is -0.385. The van der Waals surface area contributed by atoms with Crippen LogP contribution in [-0.4, -0.2) is 48.2 Å². The molecule has 2 heterocycles. The van der Waals surface area contributed by atoms with E-state index in [1.54, 1.807) is 21.1 Å². The number of methoxy groups -OCH3 is 1. The van der Waals surface area contributed by atoms with Gasteiger partial charge in [-0.1, -0.05) is 0 Å². The van der Waals surface area contributed by atoms with Gasteiger partial charge >= 0.3 is 5.69 Å². The fourth-order valence-corrected chi connectivity index (χ4v) is 2.21. The molecule has 1 unspecified atom stereocenters. The fraction of sp³-hybridized carbons (Fsp3) is 0.636. The van der Waals surface area contributed by atoms with Gasteiger partial charge in [-0.25, -0.2) is 4.98 Å². The summed E-state index contributed by atoms with van der Waals surface area (Å²) < 4.78 is 5.28. The highest BCUT2D eigenvalue weighted by Gasteiger charge is 2.31. The van der Waals surface area contributed by atoms with E-state index in [9.17, 15) is 10.1 Å². The van der Waals surface area contributed by atoms with E-state index in [-0.39, 0.29) is 11.8 Å². The topological polar surface area (TPSA) is 93.4 Å². The number of nitro groups is 1. The number of rotatable bonds is 4. The molecule has 1 saturated heterocycles. The summed E-state index contributed by atoms with van der Waals surface area (Å²) in [6.07, 6.45) is 0.930. The molecule has 0 saturated carbocycles. The molecule has 0 radical (unpaired) electrons. The Morgan fingerprint density at radius 3 is 2.79 bits per heavy atom.